The van der Waals surface area contributed by atoms with Gasteiger partial charge in [-0.2, -0.15) is 0 Å². The summed E-state index contributed by atoms with van der Waals surface area (Å²) in [6.45, 7) is 3.52. The number of carbonyl (C=O) groups excluding carboxylic acids is 2. The van der Waals surface area contributed by atoms with Gasteiger partial charge in [0.1, 0.15) is 0 Å². The van der Waals surface area contributed by atoms with E-state index in [0.29, 0.717) is 22.7 Å². The number of aryl methyl sites for hydroxylation is 1. The Balaban J connectivity index is 1.74. The van der Waals surface area contributed by atoms with Gasteiger partial charge in [-0.05, 0) is 49.6 Å². The van der Waals surface area contributed by atoms with Gasteiger partial charge in [-0.3, -0.25) is 9.59 Å². The van der Waals surface area contributed by atoms with Crippen molar-refractivity contribution in [2.75, 3.05) is 25.5 Å². The summed E-state index contributed by atoms with van der Waals surface area (Å²) in [6.07, 6.45) is 3.65. The summed E-state index contributed by atoms with van der Waals surface area (Å²) >= 11 is 0. The number of pyridine rings is 1. The predicted octanol–water partition coefficient (Wildman–Crippen LogP) is 2.89. The van der Waals surface area contributed by atoms with E-state index in [2.05, 4.69) is 10.3 Å². The summed E-state index contributed by atoms with van der Waals surface area (Å²) in [5.41, 5.74) is 2.64. The number of aromatic nitrogens is 1. The average molecular weight is 339 g/mol. The Morgan fingerprint density at radius 2 is 1.88 bits per heavy atom. The van der Waals surface area contributed by atoms with Gasteiger partial charge < -0.3 is 15.0 Å². The fourth-order valence-electron chi connectivity index (χ4n) is 2.90. The van der Waals surface area contributed by atoms with Crippen LogP contribution in [0.4, 0.5) is 5.69 Å². The second kappa shape index (κ2) is 7.34. The van der Waals surface area contributed by atoms with Crippen molar-refractivity contribution in [3.8, 4) is 5.88 Å². The van der Waals surface area contributed by atoms with Crippen LogP contribution in [0.1, 0.15) is 39.1 Å². The lowest BCUT2D eigenvalue weighted by atomic mass is 10.1. The molecule has 0 spiro atoms. The minimum Gasteiger partial charge on any atom is -0.481 e. The second-order valence-corrected chi connectivity index (χ2v) is 6.07. The Labute approximate surface area is 146 Å². The molecule has 2 amide bonds. The first kappa shape index (κ1) is 17.0. The minimum atomic E-state index is -0.248. The van der Waals surface area contributed by atoms with E-state index in [-0.39, 0.29) is 11.8 Å². The van der Waals surface area contributed by atoms with Gasteiger partial charge in [0.25, 0.3) is 11.8 Å². The molecule has 1 aromatic carbocycles. The lowest BCUT2D eigenvalue weighted by Gasteiger charge is -2.16. The first-order valence-electron chi connectivity index (χ1n) is 8.30. The van der Waals surface area contributed by atoms with Crippen molar-refractivity contribution in [3.05, 3.63) is 53.2 Å². The number of ether oxygens (including phenoxy) is 1. The van der Waals surface area contributed by atoms with Crippen molar-refractivity contribution in [2.45, 2.75) is 19.8 Å². The van der Waals surface area contributed by atoms with E-state index < -0.39 is 0 Å². The maximum Gasteiger partial charge on any atom is 0.255 e. The zero-order chi connectivity index (χ0) is 17.8. The number of nitrogens with one attached hydrogen (secondary N) is 1. The van der Waals surface area contributed by atoms with E-state index in [0.717, 1.165) is 31.5 Å². The van der Waals surface area contributed by atoms with Gasteiger partial charge in [-0.1, -0.05) is 0 Å². The fourth-order valence-corrected chi connectivity index (χ4v) is 2.90. The van der Waals surface area contributed by atoms with Crippen LogP contribution in [-0.2, 0) is 0 Å². The zero-order valence-corrected chi connectivity index (χ0v) is 14.4. The largest absolute Gasteiger partial charge is 0.481 e. The molecule has 130 valence electrons. The van der Waals surface area contributed by atoms with Crippen LogP contribution in [-0.4, -0.2) is 41.9 Å². The molecular weight excluding hydrogens is 318 g/mol. The Kier molecular flexibility index (Phi) is 4.97. The second-order valence-electron chi connectivity index (χ2n) is 6.07. The molecule has 25 heavy (non-hydrogen) atoms. The molecule has 2 heterocycles. The summed E-state index contributed by atoms with van der Waals surface area (Å²) < 4.78 is 5.04. The first-order chi connectivity index (χ1) is 12.1. The number of hydrogen-bond donors (Lipinski definition) is 1. The summed E-state index contributed by atoms with van der Waals surface area (Å²) in [7, 11) is 1.50. The van der Waals surface area contributed by atoms with Crippen LogP contribution in [0.3, 0.4) is 0 Å². The zero-order valence-electron chi connectivity index (χ0n) is 14.4. The van der Waals surface area contributed by atoms with E-state index >= 15 is 0 Å². The van der Waals surface area contributed by atoms with E-state index in [4.69, 9.17) is 4.74 Å². The summed E-state index contributed by atoms with van der Waals surface area (Å²) in [5, 5.41) is 2.87. The molecule has 1 fully saturated rings. The molecule has 0 unspecified atom stereocenters. The molecule has 0 aliphatic carbocycles. The number of rotatable bonds is 4. The maximum absolute atomic E-state index is 12.4. The molecule has 6 heteroatoms. The molecule has 6 nitrogen and oxygen atoms in total. The summed E-state index contributed by atoms with van der Waals surface area (Å²) in [5.74, 6) is 0.190. The SMILES string of the molecule is COc1cc(C(=O)Nc2ccc(C(=O)N3CCCC3)cc2C)ccn1. The number of likely N-dealkylation sites (tertiary alicyclic amines) is 1. The van der Waals surface area contributed by atoms with Crippen LogP contribution in [0.25, 0.3) is 0 Å². The van der Waals surface area contributed by atoms with Gasteiger partial charge >= 0.3 is 0 Å². The van der Waals surface area contributed by atoms with Gasteiger partial charge in [0.15, 0.2) is 0 Å². The maximum atomic E-state index is 12.4. The summed E-state index contributed by atoms with van der Waals surface area (Å²) in [4.78, 5) is 30.7. The molecule has 0 atom stereocenters. The van der Waals surface area contributed by atoms with Gasteiger partial charge in [0.05, 0.1) is 7.11 Å². The van der Waals surface area contributed by atoms with Crippen LogP contribution < -0.4 is 10.1 Å². The third-order valence-electron chi connectivity index (χ3n) is 4.32. The Morgan fingerprint density at radius 1 is 1.12 bits per heavy atom. The van der Waals surface area contributed by atoms with Crippen LogP contribution in [0.2, 0.25) is 0 Å². The number of carbonyl (C=O) groups is 2. The Morgan fingerprint density at radius 3 is 2.56 bits per heavy atom. The summed E-state index contributed by atoms with van der Waals surface area (Å²) in [6, 6.07) is 8.56. The third kappa shape index (κ3) is 3.79. The van der Waals surface area contributed by atoms with Crippen molar-refractivity contribution in [3.63, 3.8) is 0 Å². The molecule has 1 aliphatic rings. The third-order valence-corrected chi connectivity index (χ3v) is 4.32. The number of hydrogen-bond acceptors (Lipinski definition) is 4. The lowest BCUT2D eigenvalue weighted by Crippen LogP contribution is -2.27. The van der Waals surface area contributed by atoms with E-state index in [1.165, 1.54) is 13.3 Å². The molecular formula is C19H21N3O3. The Hall–Kier alpha value is -2.89. The molecule has 3 rings (SSSR count). The van der Waals surface area contributed by atoms with Gasteiger partial charge in [0.2, 0.25) is 5.88 Å². The Bertz CT molecular complexity index is 798. The normalized spacial score (nSPS) is 13.6. The standard InChI is InChI=1S/C19H21N3O3/c1-13-11-15(19(24)22-9-3-4-10-22)5-6-16(13)21-18(23)14-7-8-20-17(12-14)25-2/h5-8,11-12H,3-4,9-10H2,1-2H3,(H,21,23). The monoisotopic (exact) mass is 339 g/mol. The van der Waals surface area contributed by atoms with E-state index in [1.807, 2.05) is 17.9 Å². The van der Waals surface area contributed by atoms with Crippen LogP contribution in [0.5, 0.6) is 5.88 Å². The molecule has 1 aliphatic heterocycles. The van der Waals surface area contributed by atoms with Gasteiger partial charge in [-0.15, -0.1) is 0 Å². The number of anilines is 1. The topological polar surface area (TPSA) is 71.5 Å². The number of methoxy groups -OCH3 is 1. The highest BCUT2D eigenvalue weighted by Crippen LogP contribution is 2.20. The molecule has 2 aromatic rings. The van der Waals surface area contributed by atoms with E-state index in [1.54, 1.807) is 24.3 Å². The average Bonchev–Trinajstić information content (AvgIpc) is 3.17. The first-order valence-corrected chi connectivity index (χ1v) is 8.30. The number of amides is 2. The number of benzene rings is 1. The fraction of sp³-hybridized carbons (Fsp3) is 0.316. The van der Waals surface area contributed by atoms with Gasteiger partial charge in [-0.25, -0.2) is 4.98 Å². The van der Waals surface area contributed by atoms with Gasteiger partial charge in [0, 0.05) is 42.2 Å². The number of nitrogens with zero attached hydrogens (tertiary/aromatic N) is 2. The highest BCUT2D eigenvalue weighted by Gasteiger charge is 2.20. The molecule has 1 aromatic heterocycles. The molecule has 0 bridgehead atoms. The predicted molar refractivity (Wildman–Crippen MR) is 95.1 cm³/mol. The lowest BCUT2D eigenvalue weighted by molar-refractivity contribution is 0.0792. The van der Waals surface area contributed by atoms with E-state index in [9.17, 15) is 9.59 Å². The molecule has 1 N–H and O–H groups in total. The van der Waals surface area contributed by atoms with Crippen LogP contribution in [0.15, 0.2) is 36.5 Å². The van der Waals surface area contributed by atoms with Crippen molar-refractivity contribution >= 4 is 17.5 Å². The van der Waals surface area contributed by atoms with Crippen molar-refractivity contribution < 1.29 is 14.3 Å². The molecule has 1 saturated heterocycles. The molecule has 0 saturated carbocycles. The highest BCUT2D eigenvalue weighted by atomic mass is 16.5. The van der Waals surface area contributed by atoms with Crippen LogP contribution >= 0.6 is 0 Å². The minimum absolute atomic E-state index is 0.0531. The quantitative estimate of drug-likeness (QED) is 0.930. The van der Waals surface area contributed by atoms with Crippen molar-refractivity contribution in [1.29, 1.82) is 0 Å². The smallest absolute Gasteiger partial charge is 0.255 e. The highest BCUT2D eigenvalue weighted by molar-refractivity contribution is 6.05. The molecule has 0 radical (unpaired) electrons. The van der Waals surface area contributed by atoms with Crippen molar-refractivity contribution in [2.24, 2.45) is 0 Å². The van der Waals surface area contributed by atoms with Crippen molar-refractivity contribution in [1.82, 2.24) is 9.88 Å². The van der Waals surface area contributed by atoms with Crippen LogP contribution in [0, 0.1) is 6.92 Å².